The first-order valence-electron chi connectivity index (χ1n) is 19.2. The highest BCUT2D eigenvalue weighted by molar-refractivity contribution is 5.77. The fourth-order valence-electron chi connectivity index (χ4n) is 6.85. The number of methoxy groups -OCH3 is 2. The first-order chi connectivity index (χ1) is 27.5. The molecule has 0 spiro atoms. The van der Waals surface area contributed by atoms with E-state index in [1.165, 1.54) is 0 Å². The van der Waals surface area contributed by atoms with Gasteiger partial charge in [-0.1, -0.05) is 129 Å². The molecule has 6 aromatic carbocycles. The molecule has 1 atom stereocenters. The van der Waals surface area contributed by atoms with Gasteiger partial charge >= 0.3 is 0 Å². The van der Waals surface area contributed by atoms with E-state index in [-0.39, 0.29) is 17.5 Å². The highest BCUT2D eigenvalue weighted by atomic mass is 16.5. The van der Waals surface area contributed by atoms with E-state index in [1.54, 1.807) is 14.2 Å². The Hall–Kier alpha value is -5.96. The van der Waals surface area contributed by atoms with Crippen LogP contribution in [-0.2, 0) is 26.3 Å². The lowest BCUT2D eigenvalue weighted by Gasteiger charge is -2.21. The van der Waals surface area contributed by atoms with Gasteiger partial charge in [-0.2, -0.15) is 0 Å². The number of benzene rings is 6. The molecule has 0 aliphatic carbocycles. The Kier molecular flexibility index (Phi) is 14.3. The number of nitrogens with one attached hydrogen (secondary N) is 2. The monoisotopic (exact) mass is 752 g/mol. The maximum atomic E-state index is 11.6. The molecule has 0 unspecified atom stereocenters. The van der Waals surface area contributed by atoms with Crippen molar-refractivity contribution < 1.29 is 29.2 Å². The normalized spacial score (nSPS) is 11.6. The number of ether oxygens (including phenoxy) is 4. The van der Waals surface area contributed by atoms with Crippen LogP contribution in [-0.4, -0.2) is 37.0 Å². The van der Waals surface area contributed by atoms with Crippen LogP contribution in [0.1, 0.15) is 48.4 Å². The van der Waals surface area contributed by atoms with Gasteiger partial charge in [0.15, 0.2) is 0 Å². The van der Waals surface area contributed by atoms with Crippen molar-refractivity contribution in [1.29, 1.82) is 0 Å². The van der Waals surface area contributed by atoms with Gasteiger partial charge in [-0.3, -0.25) is 0 Å². The van der Waals surface area contributed by atoms with Crippen LogP contribution in [0, 0.1) is 0 Å². The van der Waals surface area contributed by atoms with Crippen molar-refractivity contribution in [3.8, 4) is 56.8 Å². The number of rotatable bonds is 20. The van der Waals surface area contributed by atoms with Crippen LogP contribution >= 0.6 is 0 Å². The second kappa shape index (κ2) is 20.1. The first kappa shape index (κ1) is 39.7. The van der Waals surface area contributed by atoms with Crippen molar-refractivity contribution in [2.24, 2.45) is 0 Å². The second-order valence-corrected chi connectivity index (χ2v) is 13.7. The summed E-state index contributed by atoms with van der Waals surface area (Å²) in [5, 5.41) is 30.3. The Labute approximate surface area is 330 Å². The van der Waals surface area contributed by atoms with Crippen LogP contribution in [0.4, 0.5) is 0 Å². The fraction of sp³-hybridized carbons (Fsp3) is 0.250. The smallest absolute Gasteiger partial charge is 0.128 e. The van der Waals surface area contributed by atoms with Gasteiger partial charge in [-0.05, 0) is 30.7 Å². The highest BCUT2D eigenvalue weighted by Gasteiger charge is 2.17. The summed E-state index contributed by atoms with van der Waals surface area (Å²) in [6.07, 6.45) is 3.10. The van der Waals surface area contributed by atoms with Crippen LogP contribution < -0.4 is 29.6 Å². The van der Waals surface area contributed by atoms with E-state index in [1.807, 2.05) is 133 Å². The minimum absolute atomic E-state index is 0.143. The van der Waals surface area contributed by atoms with Gasteiger partial charge in [-0.25, -0.2) is 0 Å². The van der Waals surface area contributed by atoms with Gasteiger partial charge in [0.2, 0.25) is 0 Å². The Morgan fingerprint density at radius 1 is 0.500 bits per heavy atom. The van der Waals surface area contributed by atoms with Crippen LogP contribution in [0.25, 0.3) is 22.3 Å². The lowest BCUT2D eigenvalue weighted by atomic mass is 9.99. The molecule has 0 bridgehead atoms. The lowest BCUT2D eigenvalue weighted by Crippen LogP contribution is -2.38. The molecule has 6 rings (SSSR count). The molecular weight excluding hydrogens is 701 g/mol. The predicted octanol–water partition coefficient (Wildman–Crippen LogP) is 10.0. The van der Waals surface area contributed by atoms with Crippen molar-refractivity contribution >= 4 is 0 Å². The zero-order valence-electron chi connectivity index (χ0n) is 32.5. The van der Waals surface area contributed by atoms with E-state index in [0.717, 1.165) is 64.1 Å². The number of para-hydroxylation sites is 6. The van der Waals surface area contributed by atoms with Crippen molar-refractivity contribution in [1.82, 2.24) is 10.6 Å². The highest BCUT2D eigenvalue weighted by Crippen LogP contribution is 2.40. The summed E-state index contributed by atoms with van der Waals surface area (Å²) in [5.41, 5.74) is 6.55. The molecule has 6 aromatic rings. The van der Waals surface area contributed by atoms with Gasteiger partial charge in [0, 0.05) is 70.2 Å². The maximum absolute atomic E-state index is 11.6. The summed E-state index contributed by atoms with van der Waals surface area (Å²) in [6, 6.07) is 42.9. The van der Waals surface area contributed by atoms with Crippen LogP contribution in [0.5, 0.6) is 34.5 Å². The molecular formula is C48H52N2O6. The van der Waals surface area contributed by atoms with Crippen molar-refractivity contribution in [3.63, 3.8) is 0 Å². The molecule has 0 fully saturated rings. The van der Waals surface area contributed by atoms with Gasteiger partial charge in [0.1, 0.15) is 47.7 Å². The largest absolute Gasteiger partial charge is 0.507 e. The summed E-state index contributed by atoms with van der Waals surface area (Å²) in [5.74, 6) is 3.35. The fourth-order valence-corrected chi connectivity index (χ4v) is 6.85. The predicted molar refractivity (Wildman–Crippen MR) is 224 cm³/mol. The molecule has 8 heteroatoms. The second-order valence-electron chi connectivity index (χ2n) is 13.7. The van der Waals surface area contributed by atoms with Crippen LogP contribution in [0.2, 0.25) is 0 Å². The SMILES string of the molecule is CCCC[C@@H](CNCc1cccc(-c2ccccc2OCc2ccccc2OC)c1O)NCc1cccc(-c2ccccc2OCc2ccccc2OC)c1O. The molecule has 0 amide bonds. The molecule has 4 N–H and O–H groups in total. The number of hydrogen-bond acceptors (Lipinski definition) is 8. The average molecular weight is 753 g/mol. The van der Waals surface area contributed by atoms with E-state index < -0.39 is 0 Å². The third kappa shape index (κ3) is 10.0. The molecule has 8 nitrogen and oxygen atoms in total. The average Bonchev–Trinajstić information content (AvgIpc) is 3.24. The lowest BCUT2D eigenvalue weighted by molar-refractivity contribution is 0.297. The van der Waals surface area contributed by atoms with E-state index in [9.17, 15) is 10.2 Å². The Balaban J connectivity index is 1.10. The summed E-state index contributed by atoms with van der Waals surface area (Å²) in [7, 11) is 3.31. The quantitative estimate of drug-likeness (QED) is 0.0612. The zero-order chi connectivity index (χ0) is 39.1. The Morgan fingerprint density at radius 3 is 1.43 bits per heavy atom. The molecule has 0 aromatic heterocycles. The maximum Gasteiger partial charge on any atom is 0.128 e. The molecule has 0 heterocycles. The summed E-state index contributed by atoms with van der Waals surface area (Å²) in [6.45, 7) is 4.53. The summed E-state index contributed by atoms with van der Waals surface area (Å²) >= 11 is 0. The first-order valence-corrected chi connectivity index (χ1v) is 19.2. The minimum Gasteiger partial charge on any atom is -0.507 e. The zero-order valence-corrected chi connectivity index (χ0v) is 32.5. The molecule has 0 aliphatic heterocycles. The summed E-state index contributed by atoms with van der Waals surface area (Å²) < 4.78 is 23.6. The number of aromatic hydroxyl groups is 2. The summed E-state index contributed by atoms with van der Waals surface area (Å²) in [4.78, 5) is 0. The van der Waals surface area contributed by atoms with Crippen molar-refractivity contribution in [3.05, 3.63) is 156 Å². The number of unbranched alkanes of at least 4 members (excludes halogenated alkanes) is 1. The third-order valence-corrected chi connectivity index (χ3v) is 9.94. The van der Waals surface area contributed by atoms with Crippen molar-refractivity contribution in [2.75, 3.05) is 20.8 Å². The van der Waals surface area contributed by atoms with Gasteiger partial charge in [-0.15, -0.1) is 0 Å². The van der Waals surface area contributed by atoms with E-state index >= 15 is 0 Å². The van der Waals surface area contributed by atoms with Gasteiger partial charge in [0.05, 0.1) is 14.2 Å². The third-order valence-electron chi connectivity index (χ3n) is 9.94. The minimum atomic E-state index is 0.143. The Bertz CT molecular complexity index is 2170. The van der Waals surface area contributed by atoms with E-state index in [4.69, 9.17) is 18.9 Å². The van der Waals surface area contributed by atoms with Gasteiger partial charge in [0.25, 0.3) is 0 Å². The molecule has 0 saturated heterocycles. The van der Waals surface area contributed by atoms with E-state index in [0.29, 0.717) is 55.5 Å². The molecule has 290 valence electrons. The molecule has 56 heavy (non-hydrogen) atoms. The topological polar surface area (TPSA) is 101 Å². The number of phenolic OH excluding ortho intramolecular Hbond substituents is 2. The standard InChI is InChI=1S/C48H52N2O6/c1-4-5-20-38(50-30-35-19-15-24-42(48(35)52)40-22-9-13-28-46(40)56-33-37-17-7-11-26-44(37)54-3)31-49-29-34-18-14-23-41(47(34)51)39-21-8-12-27-45(39)55-32-36-16-6-10-25-43(36)53-2/h6-19,21-28,38,49-52H,4-5,20,29-33H2,1-3H3/t38-/m0/s1. The van der Waals surface area contributed by atoms with Crippen LogP contribution in [0.3, 0.4) is 0 Å². The van der Waals surface area contributed by atoms with Crippen LogP contribution in [0.15, 0.2) is 133 Å². The molecule has 0 aliphatic rings. The van der Waals surface area contributed by atoms with Crippen molar-refractivity contribution in [2.45, 2.75) is 58.5 Å². The molecule has 0 saturated carbocycles. The van der Waals surface area contributed by atoms with Gasteiger partial charge < -0.3 is 39.8 Å². The Morgan fingerprint density at radius 2 is 0.929 bits per heavy atom. The van der Waals surface area contributed by atoms with E-state index in [2.05, 4.69) is 17.6 Å². The number of hydrogen-bond donors (Lipinski definition) is 4. The number of phenols is 2. The molecule has 0 radical (unpaired) electrons.